The van der Waals surface area contributed by atoms with Crippen molar-refractivity contribution in [3.8, 4) is 0 Å². The molecule has 1 aliphatic heterocycles. The summed E-state index contributed by atoms with van der Waals surface area (Å²) in [6.07, 6.45) is 2.27. The zero-order valence-corrected chi connectivity index (χ0v) is 21.5. The van der Waals surface area contributed by atoms with Gasteiger partial charge in [-0.05, 0) is 75.4 Å². The highest BCUT2D eigenvalue weighted by Crippen LogP contribution is 2.30. The first-order chi connectivity index (χ1) is 16.7. The molecule has 1 saturated heterocycles. The highest BCUT2D eigenvalue weighted by molar-refractivity contribution is 5.97. The van der Waals surface area contributed by atoms with E-state index in [0.29, 0.717) is 30.1 Å². The summed E-state index contributed by atoms with van der Waals surface area (Å²) in [5.41, 5.74) is 5.29. The molecule has 0 unspecified atom stereocenters. The molecule has 3 rings (SSSR count). The molecule has 1 fully saturated rings. The highest BCUT2D eigenvalue weighted by Gasteiger charge is 2.24. The Kier molecular flexibility index (Phi) is 9.09. The lowest BCUT2D eigenvalue weighted by atomic mass is 9.98. The lowest BCUT2D eigenvalue weighted by Gasteiger charge is -2.37. The molecule has 1 aromatic carbocycles. The van der Waals surface area contributed by atoms with E-state index in [2.05, 4.69) is 33.5 Å². The Balaban J connectivity index is 1.93. The quantitative estimate of drug-likeness (QED) is 0.509. The summed E-state index contributed by atoms with van der Waals surface area (Å²) in [5.74, 6) is -0.279. The van der Waals surface area contributed by atoms with Crippen molar-refractivity contribution in [1.82, 2.24) is 15.6 Å². The highest BCUT2D eigenvalue weighted by atomic mass is 16.5. The number of hydrogen-bond donors (Lipinski definition) is 3. The number of carbonyl (C=O) groups is 2. The predicted molar refractivity (Wildman–Crippen MR) is 138 cm³/mol. The van der Waals surface area contributed by atoms with Crippen LogP contribution in [0.2, 0.25) is 0 Å². The second-order valence-corrected chi connectivity index (χ2v) is 9.17. The van der Waals surface area contributed by atoms with E-state index in [9.17, 15) is 14.4 Å². The van der Waals surface area contributed by atoms with E-state index < -0.39 is 0 Å². The Morgan fingerprint density at radius 2 is 1.77 bits per heavy atom. The van der Waals surface area contributed by atoms with E-state index in [1.807, 2.05) is 39.8 Å². The molecule has 0 radical (unpaired) electrons. The van der Waals surface area contributed by atoms with Crippen LogP contribution < -0.4 is 21.1 Å². The van der Waals surface area contributed by atoms with Gasteiger partial charge in [-0.3, -0.25) is 14.4 Å². The number of benzene rings is 1. The standard InChI is InChI=1S/C27H38N4O4/c1-6-25(32)28-15-20-13-22(26(33)29-16-23-17(3)12-18(4)30-27(23)34)19(5)24(14-20)31(7-2)21-8-10-35-11-9-21/h12-14,21H,6-11,15-16H2,1-5H3,(H,28,32)(H,29,33)(H,30,34). The normalized spacial score (nSPS) is 14.0. The van der Waals surface area contributed by atoms with Crippen molar-refractivity contribution < 1.29 is 14.3 Å². The second kappa shape index (κ2) is 12.0. The van der Waals surface area contributed by atoms with Crippen molar-refractivity contribution >= 4 is 17.5 Å². The first kappa shape index (κ1) is 26.5. The molecule has 0 aliphatic carbocycles. The van der Waals surface area contributed by atoms with Crippen LogP contribution in [-0.4, -0.2) is 42.6 Å². The topological polar surface area (TPSA) is 104 Å². The fraction of sp³-hybridized carbons (Fsp3) is 0.519. The Morgan fingerprint density at radius 1 is 1.06 bits per heavy atom. The van der Waals surface area contributed by atoms with E-state index in [0.717, 1.165) is 60.7 Å². The molecule has 8 nitrogen and oxygen atoms in total. The third-order valence-electron chi connectivity index (χ3n) is 6.70. The van der Waals surface area contributed by atoms with Gasteiger partial charge in [-0.15, -0.1) is 0 Å². The molecule has 8 heteroatoms. The first-order valence-corrected chi connectivity index (χ1v) is 12.5. The minimum atomic E-state index is -0.241. The van der Waals surface area contributed by atoms with Crippen LogP contribution in [0.15, 0.2) is 23.0 Å². The van der Waals surface area contributed by atoms with Crippen molar-refractivity contribution in [2.45, 2.75) is 73.0 Å². The molecular formula is C27H38N4O4. The van der Waals surface area contributed by atoms with Gasteiger partial charge in [0.1, 0.15) is 0 Å². The molecule has 0 bridgehead atoms. The minimum absolute atomic E-state index is 0.0380. The molecule has 1 aliphatic rings. The Hall–Kier alpha value is -3.13. The Bertz CT molecular complexity index is 1120. The molecule has 2 amide bonds. The number of aromatic nitrogens is 1. The van der Waals surface area contributed by atoms with Gasteiger partial charge in [0.05, 0.1) is 0 Å². The van der Waals surface area contributed by atoms with Gasteiger partial charge >= 0.3 is 0 Å². The lowest BCUT2D eigenvalue weighted by molar-refractivity contribution is -0.120. The molecule has 0 spiro atoms. The maximum atomic E-state index is 13.4. The number of nitrogens with zero attached hydrogens (tertiary/aromatic N) is 1. The van der Waals surface area contributed by atoms with Crippen molar-refractivity contribution in [2.75, 3.05) is 24.7 Å². The van der Waals surface area contributed by atoms with Crippen LogP contribution >= 0.6 is 0 Å². The number of aromatic amines is 1. The molecule has 2 heterocycles. The molecule has 190 valence electrons. The van der Waals surface area contributed by atoms with E-state index in [-0.39, 0.29) is 23.9 Å². The molecule has 3 N–H and O–H groups in total. The molecule has 2 aromatic rings. The second-order valence-electron chi connectivity index (χ2n) is 9.17. The number of nitrogens with one attached hydrogen (secondary N) is 3. The summed E-state index contributed by atoms with van der Waals surface area (Å²) < 4.78 is 5.56. The van der Waals surface area contributed by atoms with E-state index in [1.54, 1.807) is 0 Å². The van der Waals surface area contributed by atoms with Crippen molar-refractivity contribution in [3.05, 3.63) is 62.1 Å². The predicted octanol–water partition coefficient (Wildman–Crippen LogP) is 3.26. The average molecular weight is 483 g/mol. The maximum Gasteiger partial charge on any atom is 0.253 e. The van der Waals surface area contributed by atoms with Crippen molar-refractivity contribution in [1.29, 1.82) is 0 Å². The minimum Gasteiger partial charge on any atom is -0.381 e. The Labute approximate surface area is 207 Å². The van der Waals surface area contributed by atoms with Crippen LogP contribution in [0.5, 0.6) is 0 Å². The molecular weight excluding hydrogens is 444 g/mol. The number of H-pyrrole nitrogens is 1. The molecule has 0 atom stereocenters. The zero-order valence-electron chi connectivity index (χ0n) is 21.5. The van der Waals surface area contributed by atoms with Gasteiger partial charge < -0.3 is 25.3 Å². The maximum absolute atomic E-state index is 13.4. The van der Waals surface area contributed by atoms with Crippen molar-refractivity contribution in [3.63, 3.8) is 0 Å². The van der Waals surface area contributed by atoms with Gasteiger partial charge in [-0.2, -0.15) is 0 Å². The number of pyridine rings is 1. The van der Waals surface area contributed by atoms with Crippen LogP contribution in [0.25, 0.3) is 0 Å². The fourth-order valence-electron chi connectivity index (χ4n) is 4.71. The largest absolute Gasteiger partial charge is 0.381 e. The third-order valence-corrected chi connectivity index (χ3v) is 6.70. The Morgan fingerprint density at radius 3 is 2.40 bits per heavy atom. The van der Waals surface area contributed by atoms with Crippen LogP contribution in [0, 0.1) is 20.8 Å². The molecule has 35 heavy (non-hydrogen) atoms. The first-order valence-electron chi connectivity index (χ1n) is 12.5. The number of carbonyl (C=O) groups excluding carboxylic acids is 2. The van der Waals surface area contributed by atoms with Crippen LogP contribution in [0.1, 0.15) is 71.4 Å². The number of hydrogen-bond acceptors (Lipinski definition) is 5. The van der Waals surface area contributed by atoms with Crippen molar-refractivity contribution in [2.24, 2.45) is 0 Å². The number of amides is 2. The summed E-state index contributed by atoms with van der Waals surface area (Å²) in [5, 5.41) is 5.86. The number of rotatable bonds is 9. The van der Waals surface area contributed by atoms with Gasteiger partial charge in [-0.25, -0.2) is 0 Å². The lowest BCUT2D eigenvalue weighted by Crippen LogP contribution is -2.40. The summed E-state index contributed by atoms with van der Waals surface area (Å²) >= 11 is 0. The fourth-order valence-corrected chi connectivity index (χ4v) is 4.71. The molecule has 0 saturated carbocycles. The summed E-state index contributed by atoms with van der Waals surface area (Å²) in [4.78, 5) is 42.8. The monoisotopic (exact) mass is 482 g/mol. The third kappa shape index (κ3) is 6.51. The van der Waals surface area contributed by atoms with Crippen LogP contribution in [0.3, 0.4) is 0 Å². The molecule has 1 aromatic heterocycles. The van der Waals surface area contributed by atoms with Gasteiger partial charge in [0, 0.05) is 67.8 Å². The average Bonchev–Trinajstić information content (AvgIpc) is 2.84. The van der Waals surface area contributed by atoms with Gasteiger partial charge in [-0.1, -0.05) is 6.92 Å². The van der Waals surface area contributed by atoms with Gasteiger partial charge in [0.15, 0.2) is 0 Å². The van der Waals surface area contributed by atoms with E-state index in [1.165, 1.54) is 0 Å². The van der Waals surface area contributed by atoms with Crippen LogP contribution in [-0.2, 0) is 22.6 Å². The zero-order chi connectivity index (χ0) is 25.5. The van der Waals surface area contributed by atoms with E-state index in [4.69, 9.17) is 4.74 Å². The summed E-state index contributed by atoms with van der Waals surface area (Å²) in [6.45, 7) is 12.3. The summed E-state index contributed by atoms with van der Waals surface area (Å²) in [7, 11) is 0. The number of anilines is 1. The number of aryl methyl sites for hydroxylation is 2. The van der Waals surface area contributed by atoms with E-state index >= 15 is 0 Å². The van der Waals surface area contributed by atoms with Gasteiger partial charge in [0.25, 0.3) is 11.5 Å². The van der Waals surface area contributed by atoms with Crippen LogP contribution in [0.4, 0.5) is 5.69 Å². The number of ether oxygens (including phenoxy) is 1. The SMILES string of the molecule is CCC(=O)NCc1cc(C(=O)NCc2c(C)cc(C)[nH]c2=O)c(C)c(N(CC)C2CCOCC2)c1. The van der Waals surface area contributed by atoms with Gasteiger partial charge in [0.2, 0.25) is 5.91 Å². The smallest absolute Gasteiger partial charge is 0.253 e. The summed E-state index contributed by atoms with van der Waals surface area (Å²) in [6, 6.07) is 6.15.